The molecule has 0 bridgehead atoms. The fourth-order valence-electron chi connectivity index (χ4n) is 1.90. The van der Waals surface area contributed by atoms with E-state index in [-0.39, 0.29) is 5.91 Å². The van der Waals surface area contributed by atoms with Gasteiger partial charge in [-0.3, -0.25) is 4.79 Å². The minimum atomic E-state index is -0.192. The molecule has 1 aromatic carbocycles. The van der Waals surface area contributed by atoms with Gasteiger partial charge in [0, 0.05) is 17.4 Å². The minimum absolute atomic E-state index is 0.192. The van der Waals surface area contributed by atoms with Gasteiger partial charge in [0.1, 0.15) is 5.82 Å². The molecule has 0 atom stereocenters. The summed E-state index contributed by atoms with van der Waals surface area (Å²) in [7, 11) is 0. The zero-order chi connectivity index (χ0) is 14.0. The third-order valence-electron chi connectivity index (χ3n) is 3.01. The van der Waals surface area contributed by atoms with Crippen molar-refractivity contribution in [2.75, 3.05) is 11.1 Å². The van der Waals surface area contributed by atoms with Gasteiger partial charge in [0.25, 0.3) is 5.91 Å². The van der Waals surface area contributed by atoms with Crippen molar-refractivity contribution in [3.05, 3.63) is 52.7 Å². The summed E-state index contributed by atoms with van der Waals surface area (Å²) in [5.74, 6) is 0.353. The number of pyridine rings is 1. The number of carbonyl (C=O) groups excluding carboxylic acids is 1. The number of hydrogen-bond donors (Lipinski definition) is 2. The van der Waals surface area contributed by atoms with Gasteiger partial charge in [-0.2, -0.15) is 0 Å². The Bertz CT molecular complexity index is 635. The molecule has 0 saturated heterocycles. The van der Waals surface area contributed by atoms with Gasteiger partial charge in [-0.25, -0.2) is 4.98 Å². The monoisotopic (exact) mass is 255 g/mol. The van der Waals surface area contributed by atoms with Crippen LogP contribution in [0.15, 0.2) is 30.5 Å². The fourth-order valence-corrected chi connectivity index (χ4v) is 1.90. The third-order valence-corrected chi connectivity index (χ3v) is 3.01. The zero-order valence-corrected chi connectivity index (χ0v) is 11.3. The molecule has 2 aromatic rings. The molecule has 4 heteroatoms. The van der Waals surface area contributed by atoms with Gasteiger partial charge in [-0.05, 0) is 55.7 Å². The van der Waals surface area contributed by atoms with Crippen LogP contribution in [0.4, 0.5) is 11.5 Å². The number of nitrogen functional groups attached to an aromatic ring is 1. The highest BCUT2D eigenvalue weighted by atomic mass is 16.1. The second kappa shape index (κ2) is 5.10. The van der Waals surface area contributed by atoms with E-state index in [1.54, 1.807) is 12.3 Å². The molecule has 2 rings (SSSR count). The third kappa shape index (κ3) is 2.91. The van der Waals surface area contributed by atoms with Crippen molar-refractivity contribution in [2.45, 2.75) is 20.8 Å². The summed E-state index contributed by atoms with van der Waals surface area (Å²) >= 11 is 0. The van der Waals surface area contributed by atoms with Gasteiger partial charge in [-0.15, -0.1) is 0 Å². The summed E-state index contributed by atoms with van der Waals surface area (Å²) in [6, 6.07) is 7.32. The number of anilines is 2. The quantitative estimate of drug-likeness (QED) is 0.811. The zero-order valence-electron chi connectivity index (χ0n) is 11.3. The number of amides is 1. The van der Waals surface area contributed by atoms with Crippen molar-refractivity contribution in [3.8, 4) is 0 Å². The van der Waals surface area contributed by atoms with Crippen LogP contribution in [-0.4, -0.2) is 10.9 Å². The van der Waals surface area contributed by atoms with Gasteiger partial charge >= 0.3 is 0 Å². The lowest BCUT2D eigenvalue weighted by Gasteiger charge is -2.10. The molecular formula is C15H17N3O. The number of aromatic nitrogens is 1. The first-order valence-corrected chi connectivity index (χ1v) is 6.08. The van der Waals surface area contributed by atoms with Gasteiger partial charge < -0.3 is 11.1 Å². The number of nitrogens with zero attached hydrogens (tertiary/aromatic N) is 1. The molecule has 0 aliphatic heterocycles. The highest BCUT2D eigenvalue weighted by Crippen LogP contribution is 2.19. The van der Waals surface area contributed by atoms with E-state index < -0.39 is 0 Å². The van der Waals surface area contributed by atoms with Crippen molar-refractivity contribution in [3.63, 3.8) is 0 Å². The van der Waals surface area contributed by atoms with Crippen LogP contribution in [-0.2, 0) is 0 Å². The molecule has 0 aliphatic rings. The molecule has 0 fully saturated rings. The summed E-state index contributed by atoms with van der Waals surface area (Å²) < 4.78 is 0. The Kier molecular flexibility index (Phi) is 3.51. The Balaban J connectivity index is 2.28. The van der Waals surface area contributed by atoms with Gasteiger partial charge in [-0.1, -0.05) is 6.07 Å². The second-order valence-corrected chi connectivity index (χ2v) is 4.70. The maximum absolute atomic E-state index is 12.2. The molecule has 1 amide bonds. The molecule has 0 spiro atoms. The van der Waals surface area contributed by atoms with Crippen molar-refractivity contribution in [1.82, 2.24) is 4.98 Å². The van der Waals surface area contributed by atoms with Crippen molar-refractivity contribution >= 4 is 17.4 Å². The molecular weight excluding hydrogens is 238 g/mol. The number of rotatable bonds is 2. The van der Waals surface area contributed by atoms with E-state index >= 15 is 0 Å². The molecule has 98 valence electrons. The lowest BCUT2D eigenvalue weighted by atomic mass is 10.0. The van der Waals surface area contributed by atoms with Crippen molar-refractivity contribution < 1.29 is 4.79 Å². The Labute approximate surface area is 112 Å². The molecule has 0 saturated carbocycles. The first-order valence-electron chi connectivity index (χ1n) is 6.08. The standard InChI is InChI=1S/C15H17N3O/c1-9-4-5-17-14(6-9)18-15(19)12-8-13(16)11(3)7-10(12)2/h4-8H,16H2,1-3H3,(H,17,18,19). The van der Waals surface area contributed by atoms with Gasteiger partial charge in [0.05, 0.1) is 0 Å². The summed E-state index contributed by atoms with van der Waals surface area (Å²) in [4.78, 5) is 16.3. The van der Waals surface area contributed by atoms with Crippen molar-refractivity contribution in [2.24, 2.45) is 0 Å². The average Bonchev–Trinajstić information content (AvgIpc) is 2.33. The summed E-state index contributed by atoms with van der Waals surface area (Å²) in [5.41, 5.74) is 9.96. The van der Waals surface area contributed by atoms with Gasteiger partial charge in [0.2, 0.25) is 0 Å². The highest BCUT2D eigenvalue weighted by Gasteiger charge is 2.11. The highest BCUT2D eigenvalue weighted by molar-refractivity contribution is 6.05. The predicted octanol–water partition coefficient (Wildman–Crippen LogP) is 2.84. The number of benzene rings is 1. The Morgan fingerprint density at radius 2 is 1.89 bits per heavy atom. The Morgan fingerprint density at radius 3 is 2.58 bits per heavy atom. The molecule has 19 heavy (non-hydrogen) atoms. The molecule has 1 heterocycles. The number of carbonyl (C=O) groups is 1. The van der Waals surface area contributed by atoms with Gasteiger partial charge in [0.15, 0.2) is 0 Å². The largest absolute Gasteiger partial charge is 0.398 e. The normalized spacial score (nSPS) is 10.3. The van der Waals surface area contributed by atoms with Crippen LogP contribution in [0.5, 0.6) is 0 Å². The van der Waals surface area contributed by atoms with E-state index in [0.29, 0.717) is 17.1 Å². The SMILES string of the molecule is Cc1ccnc(NC(=O)c2cc(N)c(C)cc2C)c1. The molecule has 4 nitrogen and oxygen atoms in total. The van der Waals surface area contributed by atoms with Crippen LogP contribution in [0.2, 0.25) is 0 Å². The van der Waals surface area contributed by atoms with Crippen molar-refractivity contribution in [1.29, 1.82) is 0 Å². The van der Waals surface area contributed by atoms with Crippen LogP contribution in [0.1, 0.15) is 27.0 Å². The number of hydrogen-bond acceptors (Lipinski definition) is 3. The van der Waals surface area contributed by atoms with E-state index in [9.17, 15) is 4.79 Å². The summed E-state index contributed by atoms with van der Waals surface area (Å²) in [6.07, 6.45) is 1.67. The fraction of sp³-hybridized carbons (Fsp3) is 0.200. The second-order valence-electron chi connectivity index (χ2n) is 4.70. The van der Waals surface area contributed by atoms with E-state index in [4.69, 9.17) is 5.73 Å². The lowest BCUT2D eigenvalue weighted by molar-refractivity contribution is 0.102. The first-order chi connectivity index (χ1) is 8.97. The maximum atomic E-state index is 12.2. The van der Waals surface area contributed by atoms with Crippen LogP contribution in [0.25, 0.3) is 0 Å². The number of nitrogens with one attached hydrogen (secondary N) is 1. The van der Waals surface area contributed by atoms with Crippen LogP contribution < -0.4 is 11.1 Å². The summed E-state index contributed by atoms with van der Waals surface area (Å²) in [6.45, 7) is 5.77. The van der Waals surface area contributed by atoms with Crippen LogP contribution in [0, 0.1) is 20.8 Å². The average molecular weight is 255 g/mol. The van der Waals surface area contributed by atoms with E-state index in [1.807, 2.05) is 39.0 Å². The lowest BCUT2D eigenvalue weighted by Crippen LogP contribution is -2.15. The van der Waals surface area contributed by atoms with E-state index in [1.165, 1.54) is 0 Å². The van der Waals surface area contributed by atoms with E-state index in [2.05, 4.69) is 10.3 Å². The Hall–Kier alpha value is -2.36. The smallest absolute Gasteiger partial charge is 0.257 e. The topological polar surface area (TPSA) is 68.0 Å². The number of aryl methyl sites for hydroxylation is 3. The van der Waals surface area contributed by atoms with Crippen LogP contribution >= 0.6 is 0 Å². The Morgan fingerprint density at radius 1 is 1.16 bits per heavy atom. The summed E-state index contributed by atoms with van der Waals surface area (Å²) in [5, 5.41) is 2.78. The van der Waals surface area contributed by atoms with E-state index in [0.717, 1.165) is 16.7 Å². The molecule has 0 aliphatic carbocycles. The van der Waals surface area contributed by atoms with Crippen LogP contribution in [0.3, 0.4) is 0 Å². The molecule has 3 N–H and O–H groups in total. The number of nitrogens with two attached hydrogens (primary N) is 1. The predicted molar refractivity (Wildman–Crippen MR) is 77.3 cm³/mol. The molecule has 0 radical (unpaired) electrons. The maximum Gasteiger partial charge on any atom is 0.257 e. The first kappa shape index (κ1) is 13.1. The molecule has 1 aromatic heterocycles. The minimum Gasteiger partial charge on any atom is -0.398 e. The molecule has 0 unspecified atom stereocenters.